The molecule has 1 aliphatic heterocycles. The summed E-state index contributed by atoms with van der Waals surface area (Å²) in [5.74, 6) is -0.200. The summed E-state index contributed by atoms with van der Waals surface area (Å²) in [6.07, 6.45) is 2.88. The van der Waals surface area contributed by atoms with Gasteiger partial charge in [-0.2, -0.15) is 4.31 Å². The standard InChI is InChI=1S/C22H26N4O4S/c1-16-5-7-17(8-6-16)23-21(27)11-14-26-20-10-9-18(15-19(20)24-22(26)28)31(29,30)25-12-3-2-4-13-25/h5-10,15H,2-4,11-14H2,1H3,(H,23,27)(H,24,28). The summed E-state index contributed by atoms with van der Waals surface area (Å²) in [6.45, 7) is 3.20. The van der Waals surface area contributed by atoms with Gasteiger partial charge in [0.05, 0.1) is 15.9 Å². The number of H-pyrrole nitrogens is 1. The Morgan fingerprint density at radius 3 is 2.48 bits per heavy atom. The topological polar surface area (TPSA) is 104 Å². The highest BCUT2D eigenvalue weighted by molar-refractivity contribution is 7.89. The first-order valence-electron chi connectivity index (χ1n) is 10.4. The van der Waals surface area contributed by atoms with E-state index in [2.05, 4.69) is 10.3 Å². The van der Waals surface area contributed by atoms with Crippen molar-refractivity contribution >= 4 is 32.7 Å². The van der Waals surface area contributed by atoms with Crippen LogP contribution in [-0.2, 0) is 21.4 Å². The maximum absolute atomic E-state index is 12.9. The molecule has 9 heteroatoms. The highest BCUT2D eigenvalue weighted by atomic mass is 32.2. The lowest BCUT2D eigenvalue weighted by Gasteiger charge is -2.25. The summed E-state index contributed by atoms with van der Waals surface area (Å²) < 4.78 is 28.8. The Bertz CT molecular complexity index is 1250. The fraction of sp³-hybridized carbons (Fsp3) is 0.364. The van der Waals surface area contributed by atoms with Crippen LogP contribution in [0.15, 0.2) is 52.2 Å². The van der Waals surface area contributed by atoms with Crippen LogP contribution in [0, 0.1) is 6.92 Å². The first-order valence-corrected chi connectivity index (χ1v) is 11.9. The SMILES string of the molecule is Cc1ccc(NC(=O)CCn2c(=O)[nH]c3cc(S(=O)(=O)N4CCCCC4)ccc32)cc1. The van der Waals surface area contributed by atoms with Gasteiger partial charge in [-0.3, -0.25) is 9.36 Å². The minimum Gasteiger partial charge on any atom is -0.326 e. The maximum atomic E-state index is 12.9. The molecule has 0 unspecified atom stereocenters. The molecule has 1 fully saturated rings. The minimum atomic E-state index is -3.58. The summed E-state index contributed by atoms with van der Waals surface area (Å²) in [4.78, 5) is 27.6. The highest BCUT2D eigenvalue weighted by Crippen LogP contribution is 2.23. The molecule has 0 bridgehead atoms. The molecule has 2 aromatic carbocycles. The number of aromatic amines is 1. The average Bonchev–Trinajstić information content (AvgIpc) is 3.08. The number of amides is 1. The zero-order valence-electron chi connectivity index (χ0n) is 17.4. The van der Waals surface area contributed by atoms with Gasteiger partial charge in [0.2, 0.25) is 15.9 Å². The van der Waals surface area contributed by atoms with Crippen molar-refractivity contribution in [3.8, 4) is 0 Å². The van der Waals surface area contributed by atoms with E-state index in [4.69, 9.17) is 0 Å². The molecule has 0 spiro atoms. The fourth-order valence-corrected chi connectivity index (χ4v) is 5.40. The van der Waals surface area contributed by atoms with E-state index >= 15 is 0 Å². The van der Waals surface area contributed by atoms with Gasteiger partial charge in [0, 0.05) is 31.7 Å². The Balaban J connectivity index is 1.50. The van der Waals surface area contributed by atoms with E-state index in [1.54, 1.807) is 6.07 Å². The van der Waals surface area contributed by atoms with Crippen LogP contribution in [0.5, 0.6) is 0 Å². The molecule has 0 atom stereocenters. The lowest BCUT2D eigenvalue weighted by atomic mass is 10.2. The molecule has 2 heterocycles. The van der Waals surface area contributed by atoms with Gasteiger partial charge in [-0.1, -0.05) is 24.1 Å². The van der Waals surface area contributed by atoms with E-state index in [1.165, 1.54) is 21.0 Å². The number of imidazole rings is 1. The van der Waals surface area contributed by atoms with Crippen LogP contribution in [0.3, 0.4) is 0 Å². The van der Waals surface area contributed by atoms with Crippen molar-refractivity contribution in [3.63, 3.8) is 0 Å². The normalized spacial score (nSPS) is 15.3. The van der Waals surface area contributed by atoms with Gasteiger partial charge in [-0.25, -0.2) is 13.2 Å². The maximum Gasteiger partial charge on any atom is 0.326 e. The molecule has 2 N–H and O–H groups in total. The zero-order valence-corrected chi connectivity index (χ0v) is 18.2. The second-order valence-corrected chi connectivity index (χ2v) is 9.83. The predicted molar refractivity (Wildman–Crippen MR) is 120 cm³/mol. The van der Waals surface area contributed by atoms with E-state index in [1.807, 2.05) is 31.2 Å². The Labute approximate surface area is 180 Å². The quantitative estimate of drug-likeness (QED) is 0.612. The summed E-state index contributed by atoms with van der Waals surface area (Å²) >= 11 is 0. The van der Waals surface area contributed by atoms with Crippen molar-refractivity contribution in [2.75, 3.05) is 18.4 Å². The fourth-order valence-electron chi connectivity index (χ4n) is 3.85. The molecular formula is C22H26N4O4S. The Morgan fingerprint density at radius 2 is 1.77 bits per heavy atom. The average molecular weight is 443 g/mol. The van der Waals surface area contributed by atoms with Gasteiger partial charge in [0.15, 0.2) is 0 Å². The van der Waals surface area contributed by atoms with Crippen LogP contribution >= 0.6 is 0 Å². The number of benzene rings is 2. The van der Waals surface area contributed by atoms with Gasteiger partial charge in [0.1, 0.15) is 0 Å². The monoisotopic (exact) mass is 442 g/mol. The van der Waals surface area contributed by atoms with Crippen LogP contribution in [0.25, 0.3) is 11.0 Å². The summed E-state index contributed by atoms with van der Waals surface area (Å²) in [6, 6.07) is 12.1. The second kappa shape index (κ2) is 8.68. The number of nitrogens with one attached hydrogen (secondary N) is 2. The van der Waals surface area contributed by atoms with E-state index in [0.717, 1.165) is 24.8 Å². The number of aryl methyl sites for hydroxylation is 2. The zero-order chi connectivity index (χ0) is 22.0. The van der Waals surface area contributed by atoms with Crippen molar-refractivity contribution in [2.45, 2.75) is 44.0 Å². The Hall–Kier alpha value is -2.91. The number of aromatic nitrogens is 2. The smallest absolute Gasteiger partial charge is 0.326 e. The number of rotatable bonds is 6. The van der Waals surface area contributed by atoms with Gasteiger partial charge >= 0.3 is 5.69 Å². The van der Waals surface area contributed by atoms with Crippen molar-refractivity contribution in [1.82, 2.24) is 13.9 Å². The Kier molecular flexibility index (Phi) is 5.97. The molecule has 0 aliphatic carbocycles. The van der Waals surface area contributed by atoms with Crippen molar-refractivity contribution in [1.29, 1.82) is 0 Å². The third kappa shape index (κ3) is 4.57. The number of carbonyl (C=O) groups excluding carboxylic acids is 1. The summed E-state index contributed by atoms with van der Waals surface area (Å²) in [5, 5.41) is 2.82. The van der Waals surface area contributed by atoms with Crippen molar-refractivity contribution in [3.05, 3.63) is 58.5 Å². The summed E-state index contributed by atoms with van der Waals surface area (Å²) in [5.41, 5.74) is 2.46. The van der Waals surface area contributed by atoms with E-state index in [0.29, 0.717) is 29.8 Å². The molecule has 1 amide bonds. The molecule has 164 valence electrons. The molecule has 1 saturated heterocycles. The first-order chi connectivity index (χ1) is 14.8. The molecule has 0 saturated carbocycles. The van der Waals surface area contributed by atoms with Crippen LogP contribution in [0.2, 0.25) is 0 Å². The molecule has 8 nitrogen and oxygen atoms in total. The number of nitrogens with zero attached hydrogens (tertiary/aromatic N) is 2. The van der Waals surface area contributed by atoms with Crippen LogP contribution < -0.4 is 11.0 Å². The number of hydrogen-bond donors (Lipinski definition) is 2. The molecule has 0 radical (unpaired) electrons. The van der Waals surface area contributed by atoms with Gasteiger partial charge in [-0.05, 0) is 50.1 Å². The van der Waals surface area contributed by atoms with Gasteiger partial charge < -0.3 is 10.3 Å². The van der Waals surface area contributed by atoms with Crippen molar-refractivity contribution < 1.29 is 13.2 Å². The van der Waals surface area contributed by atoms with Crippen LogP contribution in [0.1, 0.15) is 31.2 Å². The number of anilines is 1. The number of piperidine rings is 1. The highest BCUT2D eigenvalue weighted by Gasteiger charge is 2.26. The number of fused-ring (bicyclic) bond motifs is 1. The largest absolute Gasteiger partial charge is 0.326 e. The third-order valence-electron chi connectivity index (χ3n) is 5.60. The lowest BCUT2D eigenvalue weighted by molar-refractivity contribution is -0.116. The molecule has 31 heavy (non-hydrogen) atoms. The van der Waals surface area contributed by atoms with E-state index in [9.17, 15) is 18.0 Å². The minimum absolute atomic E-state index is 0.120. The molecule has 3 aromatic rings. The number of carbonyl (C=O) groups is 1. The molecular weight excluding hydrogens is 416 g/mol. The van der Waals surface area contributed by atoms with E-state index in [-0.39, 0.29) is 29.5 Å². The second-order valence-electron chi connectivity index (χ2n) is 7.89. The lowest BCUT2D eigenvalue weighted by Crippen LogP contribution is -2.35. The molecule has 1 aromatic heterocycles. The number of sulfonamides is 1. The predicted octanol–water partition coefficient (Wildman–Crippen LogP) is 2.84. The van der Waals surface area contributed by atoms with Crippen molar-refractivity contribution in [2.24, 2.45) is 0 Å². The van der Waals surface area contributed by atoms with E-state index < -0.39 is 10.0 Å². The van der Waals surface area contributed by atoms with Crippen LogP contribution in [-0.4, -0.2) is 41.3 Å². The number of hydrogen-bond acceptors (Lipinski definition) is 4. The Morgan fingerprint density at radius 1 is 1.06 bits per heavy atom. The molecule has 1 aliphatic rings. The van der Waals surface area contributed by atoms with Crippen LogP contribution in [0.4, 0.5) is 5.69 Å². The van der Waals surface area contributed by atoms with Gasteiger partial charge in [0.25, 0.3) is 0 Å². The molecule has 4 rings (SSSR count). The third-order valence-corrected chi connectivity index (χ3v) is 7.49. The first kappa shape index (κ1) is 21.3. The van der Waals surface area contributed by atoms with Gasteiger partial charge in [-0.15, -0.1) is 0 Å². The summed E-state index contributed by atoms with van der Waals surface area (Å²) in [7, 11) is -3.58.